The van der Waals surface area contributed by atoms with Crippen molar-refractivity contribution in [1.82, 2.24) is 4.98 Å². The second-order valence-electron chi connectivity index (χ2n) is 3.59. The Morgan fingerprint density at radius 2 is 2.27 bits per heavy atom. The lowest BCUT2D eigenvalue weighted by Gasteiger charge is -2.07. The van der Waals surface area contributed by atoms with Crippen LogP contribution in [0.25, 0.3) is 0 Å². The average Bonchev–Trinajstić information content (AvgIpc) is 3.00. The van der Waals surface area contributed by atoms with Crippen LogP contribution < -0.4 is 10.5 Å². The summed E-state index contributed by atoms with van der Waals surface area (Å²) in [6, 6.07) is 3.28. The molecule has 6 heteroatoms. The summed E-state index contributed by atoms with van der Waals surface area (Å²) in [7, 11) is -3.18. The molecule has 2 rings (SSSR count). The van der Waals surface area contributed by atoms with Crippen molar-refractivity contribution in [2.24, 2.45) is 5.73 Å². The molecule has 3 N–H and O–H groups in total. The molecule has 0 radical (unpaired) electrons. The van der Waals surface area contributed by atoms with Crippen molar-refractivity contribution in [3.8, 4) is 0 Å². The van der Waals surface area contributed by atoms with Crippen molar-refractivity contribution < 1.29 is 8.42 Å². The summed E-state index contributed by atoms with van der Waals surface area (Å²) in [5.74, 6) is 0. The Kier molecular flexibility index (Phi) is 2.62. The number of rotatable bonds is 4. The van der Waals surface area contributed by atoms with E-state index in [9.17, 15) is 8.42 Å². The van der Waals surface area contributed by atoms with Gasteiger partial charge in [0.1, 0.15) is 0 Å². The van der Waals surface area contributed by atoms with E-state index in [-0.39, 0.29) is 5.25 Å². The Bertz CT molecular complexity index is 454. The van der Waals surface area contributed by atoms with Crippen LogP contribution >= 0.6 is 0 Å². The predicted molar refractivity (Wildman–Crippen MR) is 57.7 cm³/mol. The highest BCUT2D eigenvalue weighted by Gasteiger charge is 2.35. The van der Waals surface area contributed by atoms with Crippen molar-refractivity contribution in [2.45, 2.75) is 24.6 Å². The number of nitrogens with zero attached hydrogens (tertiary/aromatic N) is 1. The number of nitrogens with two attached hydrogens (primary N) is 1. The first-order chi connectivity index (χ1) is 7.12. The smallest absolute Gasteiger partial charge is 0.235 e. The van der Waals surface area contributed by atoms with Crippen molar-refractivity contribution in [3.63, 3.8) is 0 Å². The SMILES string of the molecule is NCc1cc(NS(=O)(=O)C2CC2)ccn1. The summed E-state index contributed by atoms with van der Waals surface area (Å²) < 4.78 is 25.7. The summed E-state index contributed by atoms with van der Waals surface area (Å²) in [5, 5.41) is -0.216. The van der Waals surface area contributed by atoms with Gasteiger partial charge in [0.2, 0.25) is 10.0 Å². The molecule has 1 heterocycles. The van der Waals surface area contributed by atoms with Crippen LogP contribution in [-0.4, -0.2) is 18.7 Å². The van der Waals surface area contributed by atoms with Gasteiger partial charge in [-0.3, -0.25) is 9.71 Å². The lowest BCUT2D eigenvalue weighted by Crippen LogP contribution is -2.17. The molecule has 15 heavy (non-hydrogen) atoms. The number of hydrogen-bond donors (Lipinski definition) is 2. The van der Waals surface area contributed by atoms with Gasteiger partial charge in [-0.15, -0.1) is 0 Å². The minimum atomic E-state index is -3.18. The van der Waals surface area contributed by atoms with Gasteiger partial charge in [0, 0.05) is 12.7 Å². The number of aromatic nitrogens is 1. The van der Waals surface area contributed by atoms with Crippen molar-refractivity contribution in [3.05, 3.63) is 24.0 Å². The fourth-order valence-electron chi connectivity index (χ4n) is 1.28. The van der Waals surface area contributed by atoms with Gasteiger partial charge in [-0.1, -0.05) is 0 Å². The molecule has 1 aromatic rings. The third-order valence-corrected chi connectivity index (χ3v) is 4.12. The van der Waals surface area contributed by atoms with Gasteiger partial charge in [-0.2, -0.15) is 0 Å². The zero-order valence-electron chi connectivity index (χ0n) is 8.18. The maximum atomic E-state index is 11.6. The molecule has 82 valence electrons. The van der Waals surface area contributed by atoms with E-state index >= 15 is 0 Å². The number of anilines is 1. The lowest BCUT2D eigenvalue weighted by molar-refractivity contribution is 0.600. The van der Waals surface area contributed by atoms with E-state index in [2.05, 4.69) is 9.71 Å². The van der Waals surface area contributed by atoms with E-state index in [1.54, 1.807) is 18.3 Å². The maximum absolute atomic E-state index is 11.6. The first-order valence-corrected chi connectivity index (χ1v) is 6.33. The molecule has 0 aromatic carbocycles. The largest absolute Gasteiger partial charge is 0.325 e. The molecule has 1 fully saturated rings. The van der Waals surface area contributed by atoms with Gasteiger partial charge in [-0.25, -0.2) is 8.42 Å². The molecular weight excluding hydrogens is 214 g/mol. The Balaban J connectivity index is 2.16. The highest BCUT2D eigenvalue weighted by Crippen LogP contribution is 2.29. The van der Waals surface area contributed by atoms with E-state index in [1.807, 2.05) is 0 Å². The average molecular weight is 227 g/mol. The van der Waals surface area contributed by atoms with Crippen LogP contribution in [0, 0.1) is 0 Å². The summed E-state index contributed by atoms with van der Waals surface area (Å²) in [6.45, 7) is 0.305. The van der Waals surface area contributed by atoms with Gasteiger partial charge in [0.25, 0.3) is 0 Å². The van der Waals surface area contributed by atoms with Gasteiger partial charge in [0.05, 0.1) is 16.6 Å². The van der Waals surface area contributed by atoms with Crippen LogP contribution in [0.1, 0.15) is 18.5 Å². The minimum absolute atomic E-state index is 0.216. The molecule has 0 bridgehead atoms. The third kappa shape index (κ3) is 2.45. The highest BCUT2D eigenvalue weighted by atomic mass is 32.2. The molecule has 0 spiro atoms. The van der Waals surface area contributed by atoms with E-state index < -0.39 is 10.0 Å². The Hall–Kier alpha value is -1.14. The quantitative estimate of drug-likeness (QED) is 0.781. The van der Waals surface area contributed by atoms with E-state index in [4.69, 9.17) is 5.73 Å². The second-order valence-corrected chi connectivity index (χ2v) is 5.55. The van der Waals surface area contributed by atoms with Gasteiger partial charge < -0.3 is 5.73 Å². The van der Waals surface area contributed by atoms with Gasteiger partial charge in [0.15, 0.2) is 0 Å². The van der Waals surface area contributed by atoms with Crippen LogP contribution in [0.3, 0.4) is 0 Å². The molecule has 0 atom stereocenters. The van der Waals surface area contributed by atoms with Crippen LogP contribution in [0.4, 0.5) is 5.69 Å². The summed E-state index contributed by atoms with van der Waals surface area (Å²) >= 11 is 0. The number of sulfonamides is 1. The summed E-state index contributed by atoms with van der Waals surface area (Å²) in [4.78, 5) is 3.99. The zero-order valence-corrected chi connectivity index (χ0v) is 9.00. The molecule has 5 nitrogen and oxygen atoms in total. The first-order valence-electron chi connectivity index (χ1n) is 4.78. The fraction of sp³-hybridized carbons (Fsp3) is 0.444. The molecule has 1 aliphatic rings. The van der Waals surface area contributed by atoms with Gasteiger partial charge >= 0.3 is 0 Å². The maximum Gasteiger partial charge on any atom is 0.235 e. The predicted octanol–water partition coefficient (Wildman–Crippen LogP) is 0.444. The molecule has 0 saturated heterocycles. The van der Waals surface area contributed by atoms with Crippen molar-refractivity contribution in [2.75, 3.05) is 4.72 Å². The highest BCUT2D eigenvalue weighted by molar-refractivity contribution is 7.93. The summed E-state index contributed by atoms with van der Waals surface area (Å²) in [6.07, 6.45) is 3.06. The molecule has 1 aromatic heterocycles. The van der Waals surface area contributed by atoms with Crippen molar-refractivity contribution in [1.29, 1.82) is 0 Å². The van der Waals surface area contributed by atoms with Crippen molar-refractivity contribution >= 4 is 15.7 Å². The van der Waals surface area contributed by atoms with Gasteiger partial charge in [-0.05, 0) is 25.0 Å². The lowest BCUT2D eigenvalue weighted by atomic mass is 10.3. The topological polar surface area (TPSA) is 85.1 Å². The van der Waals surface area contributed by atoms with E-state index in [1.165, 1.54) is 0 Å². The monoisotopic (exact) mass is 227 g/mol. The van der Waals surface area contributed by atoms with Crippen LogP contribution in [0.15, 0.2) is 18.3 Å². The molecule has 0 aliphatic heterocycles. The minimum Gasteiger partial charge on any atom is -0.325 e. The van der Waals surface area contributed by atoms with E-state index in [0.29, 0.717) is 17.9 Å². The standard InChI is InChI=1S/C9H13N3O2S/c10-6-8-5-7(3-4-11-8)12-15(13,14)9-1-2-9/h3-5,9H,1-2,6,10H2,(H,11,12). The molecule has 0 unspecified atom stereocenters. The molecule has 1 saturated carbocycles. The Morgan fingerprint density at radius 1 is 1.53 bits per heavy atom. The number of pyridine rings is 1. The molecular formula is C9H13N3O2S. The number of hydrogen-bond acceptors (Lipinski definition) is 4. The van der Waals surface area contributed by atoms with E-state index in [0.717, 1.165) is 12.8 Å². The van der Waals surface area contributed by atoms with Crippen LogP contribution in [0.2, 0.25) is 0 Å². The third-order valence-electron chi connectivity index (χ3n) is 2.25. The summed E-state index contributed by atoms with van der Waals surface area (Å²) in [5.41, 5.74) is 6.63. The normalized spacial score (nSPS) is 16.3. The Morgan fingerprint density at radius 3 is 2.87 bits per heavy atom. The molecule has 1 aliphatic carbocycles. The molecule has 0 amide bonds. The van der Waals surface area contributed by atoms with Crippen LogP contribution in [0.5, 0.6) is 0 Å². The second kappa shape index (κ2) is 3.79. The van der Waals surface area contributed by atoms with Crippen LogP contribution in [-0.2, 0) is 16.6 Å². The Labute approximate surface area is 88.8 Å². The first kappa shape index (κ1) is 10.4. The fourth-order valence-corrected chi connectivity index (χ4v) is 2.66. The number of nitrogens with one attached hydrogen (secondary N) is 1. The zero-order chi connectivity index (χ0) is 10.9.